The molecule has 0 radical (unpaired) electrons. The van der Waals surface area contributed by atoms with Gasteiger partial charge in [0.15, 0.2) is 0 Å². The molecule has 3 aliphatic heterocycles. The number of fused-ring (bicyclic) bond motifs is 1. The lowest BCUT2D eigenvalue weighted by atomic mass is 9.98. The van der Waals surface area contributed by atoms with Crippen LogP contribution in [0.3, 0.4) is 0 Å². The Bertz CT molecular complexity index is 1700. The number of rotatable bonds is 11. The van der Waals surface area contributed by atoms with Crippen molar-refractivity contribution in [3.63, 3.8) is 0 Å². The Balaban J connectivity index is 1.04. The SMILES string of the molecule is CC(C)C(NC(=O)CO)C(=O)N1CCCC1C1=NC=C(CCc2cnc(-c3ccc4nc(C5CCCN5C(=O)CN)[nH]c4c3)cn2)C1. The fourth-order valence-electron chi connectivity index (χ4n) is 6.88. The minimum atomic E-state index is -0.679. The second kappa shape index (κ2) is 14.1. The number of aromatic amines is 1. The predicted molar refractivity (Wildman–Crippen MR) is 177 cm³/mol. The molecular formula is C34H43N9O4. The summed E-state index contributed by atoms with van der Waals surface area (Å²) in [5.41, 5.74) is 12.1. The first-order chi connectivity index (χ1) is 22.7. The van der Waals surface area contributed by atoms with Crippen LogP contribution >= 0.6 is 0 Å². The van der Waals surface area contributed by atoms with E-state index in [9.17, 15) is 19.5 Å². The lowest BCUT2D eigenvalue weighted by Gasteiger charge is -2.31. The Labute approximate surface area is 273 Å². The fourth-order valence-corrected chi connectivity index (χ4v) is 6.88. The number of aliphatic imine (C=N–C) groups is 1. The number of aromatic nitrogens is 4. The maximum absolute atomic E-state index is 13.4. The van der Waals surface area contributed by atoms with E-state index in [-0.39, 0.29) is 36.4 Å². The molecule has 3 atom stereocenters. The molecule has 2 aromatic heterocycles. The Morgan fingerprint density at radius 2 is 1.85 bits per heavy atom. The molecule has 0 spiro atoms. The summed E-state index contributed by atoms with van der Waals surface area (Å²) in [7, 11) is 0. The zero-order valence-electron chi connectivity index (χ0n) is 27.0. The van der Waals surface area contributed by atoms with Crippen LogP contribution in [0.25, 0.3) is 22.3 Å². The zero-order chi connectivity index (χ0) is 33.1. The number of aliphatic hydroxyl groups is 1. The van der Waals surface area contributed by atoms with Crippen LogP contribution in [0.1, 0.15) is 69.9 Å². The highest BCUT2D eigenvalue weighted by molar-refractivity contribution is 5.98. The van der Waals surface area contributed by atoms with Crippen LogP contribution in [0.2, 0.25) is 0 Å². The molecule has 3 amide bonds. The Hall–Kier alpha value is -4.49. The van der Waals surface area contributed by atoms with Crippen LogP contribution in [-0.2, 0) is 20.8 Å². The summed E-state index contributed by atoms with van der Waals surface area (Å²) >= 11 is 0. The van der Waals surface area contributed by atoms with Crippen molar-refractivity contribution in [1.82, 2.24) is 35.1 Å². The summed E-state index contributed by atoms with van der Waals surface area (Å²) in [6.07, 6.45) is 11.3. The minimum absolute atomic E-state index is 0.00152. The molecule has 13 nitrogen and oxygen atoms in total. The first kappa shape index (κ1) is 32.5. The average Bonchev–Trinajstić information content (AvgIpc) is 3.91. The second-order valence-corrected chi connectivity index (χ2v) is 12.9. The Morgan fingerprint density at radius 3 is 2.57 bits per heavy atom. The van der Waals surface area contributed by atoms with Gasteiger partial charge in [-0.25, -0.2) is 4.98 Å². The van der Waals surface area contributed by atoms with Crippen LogP contribution < -0.4 is 11.1 Å². The van der Waals surface area contributed by atoms with Crippen molar-refractivity contribution in [3.05, 3.63) is 53.9 Å². The number of benzene rings is 1. The van der Waals surface area contributed by atoms with Crippen molar-refractivity contribution in [2.45, 2.75) is 76.9 Å². The van der Waals surface area contributed by atoms with Gasteiger partial charge in [-0.3, -0.25) is 29.3 Å². The standard InChI is InChI=1S/C34H43N9O4/c1-20(2)32(41-30(45)19-44)34(47)43-12-3-5-28(43)26-13-21(16-37-26)7-9-23-17-38-27(18-36-23)22-8-10-24-25(14-22)40-33(39-24)29-6-4-11-42(29)31(46)15-35/h8,10,14,16-18,20,28-29,32,44H,3-7,9,11-13,15,19,35H2,1-2H3,(H,39,40)(H,41,45). The summed E-state index contributed by atoms with van der Waals surface area (Å²) in [5, 5.41) is 11.8. The van der Waals surface area contributed by atoms with Gasteiger partial charge in [-0.2, -0.15) is 0 Å². The first-order valence-electron chi connectivity index (χ1n) is 16.5. The van der Waals surface area contributed by atoms with Gasteiger partial charge < -0.3 is 30.9 Å². The maximum Gasteiger partial charge on any atom is 0.246 e. The van der Waals surface area contributed by atoms with Gasteiger partial charge >= 0.3 is 0 Å². The third-order valence-electron chi connectivity index (χ3n) is 9.40. The van der Waals surface area contributed by atoms with Crippen molar-refractivity contribution < 1.29 is 19.5 Å². The van der Waals surface area contributed by atoms with E-state index in [2.05, 4.69) is 15.3 Å². The van der Waals surface area contributed by atoms with E-state index < -0.39 is 18.6 Å². The lowest BCUT2D eigenvalue weighted by Crippen LogP contribution is -2.54. The molecule has 5 N–H and O–H groups in total. The smallest absolute Gasteiger partial charge is 0.246 e. The first-order valence-corrected chi connectivity index (χ1v) is 16.5. The number of imidazole rings is 1. The fraction of sp³-hybridized carbons (Fsp3) is 0.500. The molecule has 3 aliphatic rings. The molecule has 3 aromatic rings. The Kier molecular flexibility index (Phi) is 9.73. The number of hydrogen-bond donors (Lipinski definition) is 4. The van der Waals surface area contributed by atoms with Crippen molar-refractivity contribution in [1.29, 1.82) is 0 Å². The van der Waals surface area contributed by atoms with E-state index in [0.29, 0.717) is 19.5 Å². The van der Waals surface area contributed by atoms with Gasteiger partial charge in [-0.05, 0) is 62.1 Å². The molecule has 47 heavy (non-hydrogen) atoms. The number of carbonyl (C=O) groups is 3. The van der Waals surface area contributed by atoms with E-state index in [1.165, 1.54) is 5.57 Å². The van der Waals surface area contributed by atoms with Crippen LogP contribution in [0.4, 0.5) is 0 Å². The van der Waals surface area contributed by atoms with E-state index >= 15 is 0 Å². The van der Waals surface area contributed by atoms with Gasteiger partial charge in [-0.15, -0.1) is 0 Å². The van der Waals surface area contributed by atoms with Crippen molar-refractivity contribution in [3.8, 4) is 11.3 Å². The van der Waals surface area contributed by atoms with E-state index in [4.69, 9.17) is 20.7 Å². The Morgan fingerprint density at radius 1 is 1.06 bits per heavy atom. The molecule has 0 aliphatic carbocycles. The summed E-state index contributed by atoms with van der Waals surface area (Å²) in [6, 6.07) is 5.11. The molecule has 3 unspecified atom stereocenters. The lowest BCUT2D eigenvalue weighted by molar-refractivity contribution is -0.138. The van der Waals surface area contributed by atoms with Crippen molar-refractivity contribution >= 4 is 34.5 Å². The second-order valence-electron chi connectivity index (χ2n) is 12.9. The molecule has 2 saturated heterocycles. The van der Waals surface area contributed by atoms with Crippen LogP contribution in [0.15, 0.2) is 47.4 Å². The highest BCUT2D eigenvalue weighted by Crippen LogP contribution is 2.32. The van der Waals surface area contributed by atoms with Crippen LogP contribution in [0, 0.1) is 5.92 Å². The number of amides is 3. The van der Waals surface area contributed by atoms with E-state index in [0.717, 1.165) is 78.0 Å². The largest absolute Gasteiger partial charge is 0.387 e. The number of nitrogens with zero attached hydrogens (tertiary/aromatic N) is 6. The van der Waals surface area contributed by atoms with Crippen molar-refractivity contribution in [2.24, 2.45) is 16.6 Å². The monoisotopic (exact) mass is 641 g/mol. The quantitative estimate of drug-likeness (QED) is 0.246. The van der Waals surface area contributed by atoms with Gasteiger partial charge in [0.05, 0.1) is 47.2 Å². The molecule has 6 rings (SSSR count). The minimum Gasteiger partial charge on any atom is -0.387 e. The van der Waals surface area contributed by atoms with Gasteiger partial charge in [0.2, 0.25) is 17.7 Å². The number of nitrogens with one attached hydrogen (secondary N) is 2. The van der Waals surface area contributed by atoms with Crippen LogP contribution in [0.5, 0.6) is 0 Å². The predicted octanol–water partition coefficient (Wildman–Crippen LogP) is 2.43. The van der Waals surface area contributed by atoms with E-state index in [1.54, 1.807) is 6.20 Å². The molecule has 248 valence electrons. The van der Waals surface area contributed by atoms with Gasteiger partial charge in [0.25, 0.3) is 0 Å². The van der Waals surface area contributed by atoms with Crippen molar-refractivity contribution in [2.75, 3.05) is 26.2 Å². The number of carbonyl (C=O) groups excluding carboxylic acids is 3. The number of likely N-dealkylation sites (tertiary alicyclic amines) is 2. The van der Waals surface area contributed by atoms with E-state index in [1.807, 2.05) is 54.2 Å². The number of nitrogens with two attached hydrogens (primary N) is 1. The third kappa shape index (κ3) is 6.96. The molecule has 5 heterocycles. The maximum atomic E-state index is 13.4. The topological polar surface area (TPSA) is 183 Å². The number of aryl methyl sites for hydroxylation is 1. The summed E-state index contributed by atoms with van der Waals surface area (Å²) in [6.45, 7) is 4.46. The average molecular weight is 642 g/mol. The van der Waals surface area contributed by atoms with Crippen LogP contribution in [-0.4, -0.2) is 96.6 Å². The van der Waals surface area contributed by atoms with Gasteiger partial charge in [0.1, 0.15) is 18.5 Å². The molecule has 13 heteroatoms. The number of hydrogen-bond acceptors (Lipinski definition) is 9. The number of allylic oxidation sites excluding steroid dienone is 1. The molecular weight excluding hydrogens is 598 g/mol. The molecule has 2 fully saturated rings. The normalized spacial score (nSPS) is 20.2. The summed E-state index contributed by atoms with van der Waals surface area (Å²) in [4.78, 5) is 63.5. The summed E-state index contributed by atoms with van der Waals surface area (Å²) in [5.74, 6) is -0.0491. The van der Waals surface area contributed by atoms with Gasteiger partial charge in [-0.1, -0.05) is 19.9 Å². The number of H-pyrrole nitrogens is 1. The van der Waals surface area contributed by atoms with Gasteiger partial charge in [0, 0.05) is 43.2 Å². The number of aliphatic hydroxyl groups excluding tert-OH is 1. The zero-order valence-corrected chi connectivity index (χ0v) is 27.0. The highest BCUT2D eigenvalue weighted by atomic mass is 16.3. The molecule has 1 aromatic carbocycles. The molecule has 0 bridgehead atoms. The molecule has 0 saturated carbocycles. The highest BCUT2D eigenvalue weighted by Gasteiger charge is 2.38. The summed E-state index contributed by atoms with van der Waals surface area (Å²) < 4.78 is 0. The third-order valence-corrected chi connectivity index (χ3v) is 9.40.